The minimum absolute atomic E-state index is 0.0994. The van der Waals surface area contributed by atoms with Gasteiger partial charge >= 0.3 is 0 Å². The van der Waals surface area contributed by atoms with Crippen LogP contribution in [0.1, 0.15) is 33.6 Å². The molecule has 106 valence electrons. The molecule has 0 bridgehead atoms. The fraction of sp³-hybridized carbons (Fsp3) is 0.571. The number of rotatable bonds is 6. The van der Waals surface area contributed by atoms with E-state index in [1.807, 2.05) is 26.0 Å². The van der Waals surface area contributed by atoms with Crippen LogP contribution in [0.25, 0.3) is 0 Å². The third-order valence-corrected chi connectivity index (χ3v) is 5.05. The Bertz CT molecular complexity index is 531. The first kappa shape index (κ1) is 14.3. The second kappa shape index (κ2) is 5.13. The minimum Gasteiger partial charge on any atom is -0.384 e. The van der Waals surface area contributed by atoms with Crippen molar-refractivity contribution in [2.45, 2.75) is 44.6 Å². The van der Waals surface area contributed by atoms with Gasteiger partial charge in [0, 0.05) is 18.3 Å². The summed E-state index contributed by atoms with van der Waals surface area (Å²) in [7, 11) is -3.39. The summed E-state index contributed by atoms with van der Waals surface area (Å²) >= 11 is 0. The van der Waals surface area contributed by atoms with Crippen molar-refractivity contribution in [1.29, 1.82) is 0 Å². The molecule has 0 heterocycles. The molecule has 0 aliphatic heterocycles. The van der Waals surface area contributed by atoms with Gasteiger partial charge in [0.05, 0.1) is 4.90 Å². The van der Waals surface area contributed by atoms with E-state index in [4.69, 9.17) is 0 Å². The Kier molecular flexibility index (Phi) is 3.87. The molecule has 1 saturated carbocycles. The van der Waals surface area contributed by atoms with E-state index < -0.39 is 10.0 Å². The van der Waals surface area contributed by atoms with E-state index in [1.54, 1.807) is 12.1 Å². The Labute approximate surface area is 115 Å². The van der Waals surface area contributed by atoms with Crippen LogP contribution in [-0.4, -0.2) is 21.0 Å². The van der Waals surface area contributed by atoms with Crippen molar-refractivity contribution in [2.24, 2.45) is 5.41 Å². The summed E-state index contributed by atoms with van der Waals surface area (Å²) in [4.78, 5) is 0.310. The van der Waals surface area contributed by atoms with Gasteiger partial charge < -0.3 is 5.32 Å². The third kappa shape index (κ3) is 3.94. The predicted octanol–water partition coefficient (Wildman–Crippen LogP) is 2.59. The molecule has 1 fully saturated rings. The number of hydrogen-bond acceptors (Lipinski definition) is 3. The highest BCUT2D eigenvalue weighted by molar-refractivity contribution is 7.89. The van der Waals surface area contributed by atoms with Crippen LogP contribution in [-0.2, 0) is 10.0 Å². The molecule has 4 nitrogen and oxygen atoms in total. The van der Waals surface area contributed by atoms with Gasteiger partial charge in [0.2, 0.25) is 10.0 Å². The molecule has 0 spiro atoms. The molecule has 2 rings (SSSR count). The molecular weight excluding hydrogens is 260 g/mol. The van der Waals surface area contributed by atoms with E-state index in [2.05, 4.69) is 17.0 Å². The molecular formula is C14H22N2O2S. The van der Waals surface area contributed by atoms with E-state index in [9.17, 15) is 8.42 Å². The fourth-order valence-corrected chi connectivity index (χ4v) is 3.09. The van der Waals surface area contributed by atoms with Crippen LogP contribution in [0.15, 0.2) is 29.2 Å². The lowest BCUT2D eigenvalue weighted by Crippen LogP contribution is -2.30. The molecule has 1 aliphatic rings. The summed E-state index contributed by atoms with van der Waals surface area (Å²) in [6.45, 7) is 6.82. The maximum absolute atomic E-state index is 11.9. The first-order chi connectivity index (χ1) is 8.81. The van der Waals surface area contributed by atoms with E-state index in [0.29, 0.717) is 10.3 Å². The average molecular weight is 282 g/mol. The summed E-state index contributed by atoms with van der Waals surface area (Å²) < 4.78 is 26.5. The van der Waals surface area contributed by atoms with Crippen molar-refractivity contribution < 1.29 is 8.42 Å². The zero-order valence-electron chi connectivity index (χ0n) is 11.7. The molecule has 1 aromatic carbocycles. The van der Waals surface area contributed by atoms with Crippen LogP contribution in [0.5, 0.6) is 0 Å². The molecule has 0 atom stereocenters. The van der Waals surface area contributed by atoms with Gasteiger partial charge in [-0.2, -0.15) is 0 Å². The molecule has 0 amide bonds. The van der Waals surface area contributed by atoms with Crippen LogP contribution in [0.4, 0.5) is 5.69 Å². The van der Waals surface area contributed by atoms with E-state index >= 15 is 0 Å². The van der Waals surface area contributed by atoms with E-state index in [-0.39, 0.29) is 6.04 Å². The van der Waals surface area contributed by atoms with E-state index in [0.717, 1.165) is 12.2 Å². The van der Waals surface area contributed by atoms with Crippen LogP contribution in [0.2, 0.25) is 0 Å². The minimum atomic E-state index is -3.39. The third-order valence-electron chi connectivity index (χ3n) is 3.38. The van der Waals surface area contributed by atoms with Crippen LogP contribution < -0.4 is 10.0 Å². The quantitative estimate of drug-likeness (QED) is 0.843. The van der Waals surface area contributed by atoms with Crippen LogP contribution >= 0.6 is 0 Å². The lowest BCUT2D eigenvalue weighted by atomic mass is 10.1. The second-order valence-corrected chi connectivity index (χ2v) is 7.68. The maximum Gasteiger partial charge on any atom is 0.240 e. The molecule has 1 aliphatic carbocycles. The monoisotopic (exact) mass is 282 g/mol. The Balaban J connectivity index is 2.01. The normalized spacial score (nSPS) is 17.5. The molecule has 19 heavy (non-hydrogen) atoms. The van der Waals surface area contributed by atoms with Crippen LogP contribution in [0.3, 0.4) is 0 Å². The van der Waals surface area contributed by atoms with Crippen molar-refractivity contribution in [3.8, 4) is 0 Å². The Hall–Kier alpha value is -1.07. The van der Waals surface area contributed by atoms with Gasteiger partial charge in [0.25, 0.3) is 0 Å². The molecule has 5 heteroatoms. The summed E-state index contributed by atoms with van der Waals surface area (Å²) in [5.41, 5.74) is 1.40. The van der Waals surface area contributed by atoms with Gasteiger partial charge in [0.15, 0.2) is 0 Å². The number of hydrogen-bond donors (Lipinski definition) is 2. The van der Waals surface area contributed by atoms with Crippen molar-refractivity contribution in [3.63, 3.8) is 0 Å². The summed E-state index contributed by atoms with van der Waals surface area (Å²) in [5, 5.41) is 3.35. The van der Waals surface area contributed by atoms with Gasteiger partial charge in [-0.3, -0.25) is 0 Å². The zero-order valence-corrected chi connectivity index (χ0v) is 12.5. The van der Waals surface area contributed by atoms with Crippen molar-refractivity contribution in [1.82, 2.24) is 4.72 Å². The molecule has 0 unspecified atom stereocenters. The number of anilines is 1. The topological polar surface area (TPSA) is 58.2 Å². The van der Waals surface area contributed by atoms with Crippen LogP contribution in [0, 0.1) is 5.41 Å². The summed E-state index contributed by atoms with van der Waals surface area (Å²) in [5.74, 6) is 0. The lowest BCUT2D eigenvalue weighted by molar-refractivity contribution is 0.570. The second-order valence-electron chi connectivity index (χ2n) is 5.96. The SMILES string of the molecule is CC(C)NS(=O)(=O)c1ccc(NCC2(C)CC2)cc1. The first-order valence-corrected chi connectivity index (χ1v) is 8.15. The predicted molar refractivity (Wildman–Crippen MR) is 77.7 cm³/mol. The van der Waals surface area contributed by atoms with Gasteiger partial charge in [0.1, 0.15) is 0 Å². The average Bonchev–Trinajstić information content (AvgIpc) is 3.04. The fourth-order valence-electron chi connectivity index (χ4n) is 1.84. The number of sulfonamides is 1. The molecule has 0 radical (unpaired) electrons. The zero-order chi connectivity index (χ0) is 14.1. The first-order valence-electron chi connectivity index (χ1n) is 6.67. The number of nitrogens with one attached hydrogen (secondary N) is 2. The largest absolute Gasteiger partial charge is 0.384 e. The Morgan fingerprint density at radius 3 is 2.26 bits per heavy atom. The molecule has 1 aromatic rings. The Morgan fingerprint density at radius 1 is 1.21 bits per heavy atom. The van der Waals surface area contributed by atoms with E-state index in [1.165, 1.54) is 12.8 Å². The lowest BCUT2D eigenvalue weighted by Gasteiger charge is -2.13. The van der Waals surface area contributed by atoms with Gasteiger partial charge in [-0.1, -0.05) is 6.92 Å². The maximum atomic E-state index is 11.9. The van der Waals surface area contributed by atoms with Gasteiger partial charge in [-0.05, 0) is 56.4 Å². The molecule has 0 saturated heterocycles. The van der Waals surface area contributed by atoms with Gasteiger partial charge in [-0.25, -0.2) is 13.1 Å². The highest BCUT2D eigenvalue weighted by Crippen LogP contribution is 2.44. The summed E-state index contributed by atoms with van der Waals surface area (Å²) in [6, 6.07) is 6.82. The highest BCUT2D eigenvalue weighted by atomic mass is 32.2. The standard InChI is InChI=1S/C14H22N2O2S/c1-11(2)16-19(17,18)13-6-4-12(5-7-13)15-10-14(3)8-9-14/h4-7,11,15-16H,8-10H2,1-3H3. The summed E-state index contributed by atoms with van der Waals surface area (Å²) in [6.07, 6.45) is 2.54. The van der Waals surface area contributed by atoms with Gasteiger partial charge in [-0.15, -0.1) is 0 Å². The van der Waals surface area contributed by atoms with Crippen molar-refractivity contribution in [2.75, 3.05) is 11.9 Å². The smallest absolute Gasteiger partial charge is 0.240 e. The highest BCUT2D eigenvalue weighted by Gasteiger charge is 2.36. The van der Waals surface area contributed by atoms with Crippen molar-refractivity contribution >= 4 is 15.7 Å². The Morgan fingerprint density at radius 2 is 1.79 bits per heavy atom. The molecule has 0 aromatic heterocycles. The number of benzene rings is 1. The molecule has 2 N–H and O–H groups in total. The van der Waals surface area contributed by atoms with Crippen molar-refractivity contribution in [3.05, 3.63) is 24.3 Å².